The minimum absolute atomic E-state index is 0.116. The number of hydrogen-bond acceptors (Lipinski definition) is 0. The van der Waals surface area contributed by atoms with Gasteiger partial charge in [0.25, 0.3) is 0 Å². The van der Waals surface area contributed by atoms with Gasteiger partial charge in [0.05, 0.1) is 0 Å². The van der Waals surface area contributed by atoms with Crippen LogP contribution >= 0.6 is 0 Å². The fourth-order valence-electron chi connectivity index (χ4n) is 3.60. The molecule has 1 aliphatic carbocycles. The van der Waals surface area contributed by atoms with Crippen LogP contribution in [-0.2, 0) is 0 Å². The number of hydrogen-bond donors (Lipinski definition) is 0. The van der Waals surface area contributed by atoms with E-state index in [-0.39, 0.29) is 16.2 Å². The van der Waals surface area contributed by atoms with Gasteiger partial charge in [-0.15, -0.1) is 0 Å². The van der Waals surface area contributed by atoms with E-state index in [4.69, 9.17) is 0 Å². The maximum atomic E-state index is 2.55. The average Bonchev–Trinajstić information content (AvgIpc) is 2.46. The number of rotatable bonds is 5. The van der Waals surface area contributed by atoms with Crippen LogP contribution in [0.4, 0.5) is 0 Å². The third kappa shape index (κ3) is 4.15. The Bertz CT molecular complexity index is 470. The van der Waals surface area contributed by atoms with Crippen molar-refractivity contribution in [1.82, 2.24) is 0 Å². The summed E-state index contributed by atoms with van der Waals surface area (Å²) in [7, 11) is 0. The lowest BCUT2D eigenvalue weighted by atomic mass is 9.63. The molecule has 0 heterocycles. The molecular weight excluding hydrogens is 264 g/mol. The zero-order valence-electron chi connectivity index (χ0n) is 16.5. The van der Waals surface area contributed by atoms with Crippen LogP contribution in [0.15, 0.2) is 35.5 Å². The Kier molecular flexibility index (Phi) is 5.93. The quantitative estimate of drug-likeness (QED) is 0.466. The maximum Gasteiger partial charge on any atom is 0.00108 e. The summed E-state index contributed by atoms with van der Waals surface area (Å²) in [5.74, 6) is 0.695. The first kappa shape index (κ1) is 19.3. The fourth-order valence-corrected chi connectivity index (χ4v) is 3.60. The smallest absolute Gasteiger partial charge is 0.00108 e. The largest absolute Gasteiger partial charge is 0.0782 e. The minimum atomic E-state index is 0.116. The molecule has 0 saturated carbocycles. The Morgan fingerprint density at radius 2 is 1.45 bits per heavy atom. The van der Waals surface area contributed by atoms with Crippen LogP contribution in [0, 0.1) is 22.2 Å². The van der Waals surface area contributed by atoms with E-state index in [2.05, 4.69) is 86.6 Å². The van der Waals surface area contributed by atoms with Crippen LogP contribution < -0.4 is 0 Å². The van der Waals surface area contributed by atoms with Crippen molar-refractivity contribution < 1.29 is 0 Å². The zero-order valence-corrected chi connectivity index (χ0v) is 16.5. The van der Waals surface area contributed by atoms with Crippen molar-refractivity contribution in [1.29, 1.82) is 0 Å². The molecule has 0 N–H and O–H groups in total. The molecule has 0 heteroatoms. The molecule has 1 rings (SSSR count). The first-order valence-electron chi connectivity index (χ1n) is 9.17. The third-order valence-corrected chi connectivity index (χ3v) is 5.78. The lowest BCUT2D eigenvalue weighted by Gasteiger charge is -2.41. The van der Waals surface area contributed by atoms with E-state index in [1.165, 1.54) is 12.8 Å². The van der Waals surface area contributed by atoms with E-state index in [1.54, 1.807) is 11.1 Å². The van der Waals surface area contributed by atoms with Crippen molar-refractivity contribution in [3.8, 4) is 0 Å². The Morgan fingerprint density at radius 1 is 0.955 bits per heavy atom. The Hall–Kier alpha value is -0.780. The highest BCUT2D eigenvalue weighted by Gasteiger charge is 2.36. The molecule has 0 bridgehead atoms. The van der Waals surface area contributed by atoms with Gasteiger partial charge in [-0.25, -0.2) is 0 Å². The Labute approximate surface area is 139 Å². The lowest BCUT2D eigenvalue weighted by Crippen LogP contribution is -2.30. The fraction of sp³-hybridized carbons (Fsp3) is 0.727. The summed E-state index contributed by atoms with van der Waals surface area (Å²) in [6, 6.07) is 0. The van der Waals surface area contributed by atoms with Crippen LogP contribution in [0.5, 0.6) is 0 Å². The third-order valence-electron chi connectivity index (χ3n) is 5.78. The Morgan fingerprint density at radius 3 is 1.86 bits per heavy atom. The van der Waals surface area contributed by atoms with E-state index in [0.717, 1.165) is 6.42 Å². The molecule has 0 aromatic rings. The van der Waals surface area contributed by atoms with Gasteiger partial charge in [-0.1, -0.05) is 93.0 Å². The molecule has 0 radical (unpaired) electrons. The summed E-state index contributed by atoms with van der Waals surface area (Å²) < 4.78 is 0. The van der Waals surface area contributed by atoms with E-state index >= 15 is 0 Å². The van der Waals surface area contributed by atoms with Gasteiger partial charge < -0.3 is 0 Å². The monoisotopic (exact) mass is 302 g/mol. The van der Waals surface area contributed by atoms with Crippen molar-refractivity contribution in [3.63, 3.8) is 0 Å². The Balaban J connectivity index is 3.60. The normalized spacial score (nSPS) is 30.8. The first-order valence-corrected chi connectivity index (χ1v) is 9.17. The summed E-state index contributed by atoms with van der Waals surface area (Å²) in [4.78, 5) is 0. The molecule has 0 saturated heterocycles. The molecule has 0 aromatic heterocycles. The summed E-state index contributed by atoms with van der Waals surface area (Å²) in [6.45, 7) is 21.2. The first-order chi connectivity index (χ1) is 10.0. The molecule has 2 unspecified atom stereocenters. The van der Waals surface area contributed by atoms with Crippen LogP contribution in [-0.4, -0.2) is 0 Å². The second kappa shape index (κ2) is 6.77. The van der Waals surface area contributed by atoms with Crippen LogP contribution in [0.25, 0.3) is 0 Å². The van der Waals surface area contributed by atoms with Crippen LogP contribution in [0.1, 0.15) is 81.6 Å². The highest BCUT2D eigenvalue weighted by molar-refractivity contribution is 5.42. The molecule has 0 aliphatic heterocycles. The van der Waals surface area contributed by atoms with Gasteiger partial charge >= 0.3 is 0 Å². The van der Waals surface area contributed by atoms with Gasteiger partial charge in [0, 0.05) is 10.8 Å². The zero-order chi connectivity index (χ0) is 17.2. The molecule has 0 nitrogen and oxygen atoms in total. The lowest BCUT2D eigenvalue weighted by molar-refractivity contribution is 0.239. The van der Waals surface area contributed by atoms with Crippen molar-refractivity contribution in [2.45, 2.75) is 81.6 Å². The highest BCUT2D eigenvalue weighted by atomic mass is 14.4. The topological polar surface area (TPSA) is 0 Å². The van der Waals surface area contributed by atoms with Crippen molar-refractivity contribution in [2.24, 2.45) is 22.2 Å². The van der Waals surface area contributed by atoms with Gasteiger partial charge in [0.1, 0.15) is 0 Å². The molecule has 0 fully saturated rings. The molecule has 22 heavy (non-hydrogen) atoms. The summed E-state index contributed by atoms with van der Waals surface area (Å²) in [5.41, 5.74) is 3.65. The molecule has 1 aliphatic rings. The van der Waals surface area contributed by atoms with Crippen LogP contribution in [0.2, 0.25) is 0 Å². The molecule has 0 amide bonds. The van der Waals surface area contributed by atoms with E-state index in [9.17, 15) is 0 Å². The van der Waals surface area contributed by atoms with Gasteiger partial charge in [-0.2, -0.15) is 0 Å². The van der Waals surface area contributed by atoms with Gasteiger partial charge in [0.2, 0.25) is 0 Å². The van der Waals surface area contributed by atoms with Gasteiger partial charge in [-0.3, -0.25) is 0 Å². The summed E-state index contributed by atoms with van der Waals surface area (Å²) in [6.07, 6.45) is 13.4. The predicted molar refractivity (Wildman–Crippen MR) is 101 cm³/mol. The summed E-state index contributed by atoms with van der Waals surface area (Å²) in [5, 5.41) is 0. The molecule has 0 spiro atoms. The van der Waals surface area contributed by atoms with Gasteiger partial charge in [0.15, 0.2) is 0 Å². The highest BCUT2D eigenvalue weighted by Crippen LogP contribution is 2.48. The summed E-state index contributed by atoms with van der Waals surface area (Å²) >= 11 is 0. The number of allylic oxidation sites excluding steroid dienone is 6. The molecular formula is C22H38. The second-order valence-corrected chi connectivity index (χ2v) is 8.64. The minimum Gasteiger partial charge on any atom is -0.0782 e. The van der Waals surface area contributed by atoms with Gasteiger partial charge in [-0.05, 0) is 35.3 Å². The SMILES string of the molecule is CCC1=C/C(C)(C)/C=C\C(C)(C)/C=C\1C(C)(CC)C(C)CC. The van der Waals surface area contributed by atoms with E-state index < -0.39 is 0 Å². The molecule has 0 aromatic carbocycles. The maximum absolute atomic E-state index is 2.55. The van der Waals surface area contributed by atoms with E-state index in [1.807, 2.05) is 0 Å². The van der Waals surface area contributed by atoms with Crippen LogP contribution in [0.3, 0.4) is 0 Å². The van der Waals surface area contributed by atoms with E-state index in [0.29, 0.717) is 5.92 Å². The second-order valence-electron chi connectivity index (χ2n) is 8.64. The van der Waals surface area contributed by atoms with Crippen molar-refractivity contribution in [3.05, 3.63) is 35.5 Å². The van der Waals surface area contributed by atoms with Crippen molar-refractivity contribution in [2.75, 3.05) is 0 Å². The standard InChI is InChI=1S/C22H38/c1-10-17(4)22(9,12-3)19-16-21(7,8)14-13-20(5,6)15-18(19)11-2/h13-17H,10-12H2,1-9H3/b14-13-,18-15-,19-16+. The average molecular weight is 303 g/mol. The molecule has 126 valence electrons. The van der Waals surface area contributed by atoms with Crippen molar-refractivity contribution >= 4 is 0 Å². The molecule has 2 atom stereocenters. The predicted octanol–water partition coefficient (Wildman–Crippen LogP) is 7.33.